The number of pyridine rings is 1. The van der Waals surface area contributed by atoms with Crippen LogP contribution >= 0.6 is 34.8 Å². The molecule has 0 spiro atoms. The Kier molecular flexibility index (Phi) is 5.37. The van der Waals surface area contributed by atoms with Crippen molar-refractivity contribution in [2.24, 2.45) is 0 Å². The average molecular weight is 374 g/mol. The van der Waals surface area contributed by atoms with Crippen molar-refractivity contribution in [2.45, 2.75) is 19.3 Å². The van der Waals surface area contributed by atoms with E-state index in [0.29, 0.717) is 21.2 Å². The van der Waals surface area contributed by atoms with Gasteiger partial charge < -0.3 is 16.0 Å². The van der Waals surface area contributed by atoms with E-state index in [2.05, 4.69) is 15.2 Å². The van der Waals surface area contributed by atoms with Crippen molar-refractivity contribution in [3.8, 4) is 0 Å². The Hall–Kier alpha value is -0.940. The van der Waals surface area contributed by atoms with E-state index >= 15 is 0 Å². The molecule has 2 heterocycles. The number of rotatable bonds is 4. The van der Waals surface area contributed by atoms with Gasteiger partial charge >= 0.3 is 0 Å². The maximum Gasteiger partial charge on any atom is 0.154 e. The van der Waals surface area contributed by atoms with E-state index in [9.17, 15) is 0 Å². The van der Waals surface area contributed by atoms with E-state index in [4.69, 9.17) is 40.5 Å². The number of hydrogen-bond acceptors (Lipinski definition) is 4. The maximum atomic E-state index is 6.15. The second kappa shape index (κ2) is 7.31. The summed E-state index contributed by atoms with van der Waals surface area (Å²) in [5, 5.41) is 5.43. The van der Waals surface area contributed by atoms with Crippen molar-refractivity contribution in [1.82, 2.24) is 9.88 Å². The summed E-state index contributed by atoms with van der Waals surface area (Å²) < 4.78 is 0. The number of hydrogen-bond donors (Lipinski definition) is 2. The van der Waals surface area contributed by atoms with Crippen LogP contribution in [0.5, 0.6) is 0 Å². The van der Waals surface area contributed by atoms with Gasteiger partial charge in [0.1, 0.15) is 0 Å². The number of fused-ring (bicyclic) bond motifs is 1. The molecule has 1 fully saturated rings. The third-order valence-corrected chi connectivity index (χ3v) is 5.21. The number of nitrogen functional groups attached to an aromatic ring is 1. The third-order valence-electron chi connectivity index (χ3n) is 4.20. The van der Waals surface area contributed by atoms with Crippen molar-refractivity contribution in [3.63, 3.8) is 0 Å². The summed E-state index contributed by atoms with van der Waals surface area (Å²) in [7, 11) is 0. The zero-order chi connectivity index (χ0) is 16.4. The molecule has 1 aromatic heterocycles. The van der Waals surface area contributed by atoms with Gasteiger partial charge in [-0.15, -0.1) is 0 Å². The number of nitrogens with zero attached hydrogens (tertiary/aromatic N) is 2. The molecule has 3 rings (SSSR count). The first-order chi connectivity index (χ1) is 11.1. The zero-order valence-corrected chi connectivity index (χ0v) is 15.0. The fraction of sp³-hybridized carbons (Fsp3) is 0.438. The van der Waals surface area contributed by atoms with E-state index in [1.165, 1.54) is 19.3 Å². The predicted molar refractivity (Wildman–Crippen MR) is 100.0 cm³/mol. The van der Waals surface area contributed by atoms with Gasteiger partial charge in [-0.2, -0.15) is 0 Å². The van der Waals surface area contributed by atoms with Gasteiger partial charge in [0.2, 0.25) is 0 Å². The molecule has 2 aromatic rings. The highest BCUT2D eigenvalue weighted by atomic mass is 35.5. The molecule has 1 aromatic carbocycles. The van der Waals surface area contributed by atoms with Crippen LogP contribution in [-0.2, 0) is 0 Å². The number of anilines is 2. The van der Waals surface area contributed by atoms with E-state index < -0.39 is 0 Å². The molecule has 0 radical (unpaired) electrons. The van der Waals surface area contributed by atoms with Gasteiger partial charge in [0.05, 0.1) is 26.9 Å². The molecule has 124 valence electrons. The Bertz CT molecular complexity index is 709. The lowest BCUT2D eigenvalue weighted by Crippen LogP contribution is -2.33. The number of nitrogens with one attached hydrogen (secondary N) is 1. The molecule has 23 heavy (non-hydrogen) atoms. The number of nitrogens with two attached hydrogens (primary N) is 1. The van der Waals surface area contributed by atoms with Crippen molar-refractivity contribution >= 4 is 57.1 Å². The minimum absolute atomic E-state index is 0.274. The third kappa shape index (κ3) is 3.77. The first-order valence-electron chi connectivity index (χ1n) is 7.76. The second-order valence-electron chi connectivity index (χ2n) is 5.80. The standard InChI is InChI=1S/C16H19Cl3N4/c17-11-8-10-13(9-12(11)18)22-16(19)14(20)15(10)21-4-7-23-5-2-1-3-6-23/h8-9H,1-7,20H2,(H,21,22). The first kappa shape index (κ1) is 16.9. The van der Waals surface area contributed by atoms with Gasteiger partial charge in [0.15, 0.2) is 5.15 Å². The van der Waals surface area contributed by atoms with Crippen molar-refractivity contribution in [3.05, 3.63) is 27.3 Å². The number of piperidine rings is 1. The Morgan fingerprint density at radius 3 is 2.52 bits per heavy atom. The van der Waals surface area contributed by atoms with Crippen LogP contribution in [0, 0.1) is 0 Å². The molecular weight excluding hydrogens is 355 g/mol. The average Bonchev–Trinajstić information content (AvgIpc) is 2.54. The molecule has 1 aliphatic rings. The Morgan fingerprint density at radius 1 is 1.09 bits per heavy atom. The molecular formula is C16H19Cl3N4. The molecule has 0 aliphatic carbocycles. The van der Waals surface area contributed by atoms with Crippen LogP contribution in [0.2, 0.25) is 15.2 Å². The summed E-state index contributed by atoms with van der Waals surface area (Å²) in [5.41, 5.74) is 8.00. The maximum absolute atomic E-state index is 6.15. The Morgan fingerprint density at radius 2 is 1.78 bits per heavy atom. The van der Waals surface area contributed by atoms with Gasteiger partial charge in [-0.3, -0.25) is 0 Å². The summed E-state index contributed by atoms with van der Waals surface area (Å²) in [6.07, 6.45) is 3.89. The van der Waals surface area contributed by atoms with Crippen molar-refractivity contribution < 1.29 is 0 Å². The van der Waals surface area contributed by atoms with Crippen molar-refractivity contribution in [1.29, 1.82) is 0 Å². The van der Waals surface area contributed by atoms with E-state index in [1.807, 2.05) is 0 Å². The van der Waals surface area contributed by atoms with Crippen LogP contribution < -0.4 is 11.1 Å². The summed E-state index contributed by atoms with van der Waals surface area (Å²) in [6.45, 7) is 4.09. The van der Waals surface area contributed by atoms with Gasteiger partial charge in [0, 0.05) is 18.5 Å². The summed E-state index contributed by atoms with van der Waals surface area (Å²) in [4.78, 5) is 6.74. The van der Waals surface area contributed by atoms with E-state index in [0.717, 1.165) is 37.3 Å². The van der Waals surface area contributed by atoms with Crippen LogP contribution in [-0.4, -0.2) is 36.1 Å². The normalized spacial score (nSPS) is 16.0. The summed E-state index contributed by atoms with van der Waals surface area (Å²) in [5.74, 6) is 0. The molecule has 0 atom stereocenters. The van der Waals surface area contributed by atoms with Crippen LogP contribution in [0.4, 0.5) is 11.4 Å². The van der Waals surface area contributed by atoms with Crippen LogP contribution in [0.15, 0.2) is 12.1 Å². The second-order valence-corrected chi connectivity index (χ2v) is 6.98. The Balaban J connectivity index is 1.83. The molecule has 7 heteroatoms. The molecule has 1 aliphatic heterocycles. The smallest absolute Gasteiger partial charge is 0.154 e. The van der Waals surface area contributed by atoms with Gasteiger partial charge in [-0.05, 0) is 38.1 Å². The van der Waals surface area contributed by atoms with Crippen LogP contribution in [0.25, 0.3) is 10.9 Å². The number of aromatic nitrogens is 1. The predicted octanol–water partition coefficient (Wildman–Crippen LogP) is 4.68. The summed E-state index contributed by atoms with van der Waals surface area (Å²) >= 11 is 18.4. The molecule has 1 saturated heterocycles. The molecule has 0 amide bonds. The fourth-order valence-electron chi connectivity index (χ4n) is 2.96. The highest BCUT2D eigenvalue weighted by Gasteiger charge is 2.14. The lowest BCUT2D eigenvalue weighted by atomic mass is 10.1. The molecule has 0 saturated carbocycles. The SMILES string of the molecule is Nc1c(Cl)nc2cc(Cl)c(Cl)cc2c1NCCN1CCCCC1. The van der Waals surface area contributed by atoms with Crippen LogP contribution in [0.1, 0.15) is 19.3 Å². The monoisotopic (exact) mass is 372 g/mol. The molecule has 3 N–H and O–H groups in total. The van der Waals surface area contributed by atoms with Gasteiger partial charge in [-0.1, -0.05) is 41.2 Å². The minimum Gasteiger partial charge on any atom is -0.395 e. The van der Waals surface area contributed by atoms with Gasteiger partial charge in [0.25, 0.3) is 0 Å². The number of halogens is 3. The fourth-order valence-corrected chi connectivity index (χ4v) is 3.46. The van der Waals surface area contributed by atoms with E-state index in [1.54, 1.807) is 12.1 Å². The highest BCUT2D eigenvalue weighted by molar-refractivity contribution is 6.43. The lowest BCUT2D eigenvalue weighted by Gasteiger charge is -2.26. The lowest BCUT2D eigenvalue weighted by molar-refractivity contribution is 0.237. The first-order valence-corrected chi connectivity index (χ1v) is 8.89. The van der Waals surface area contributed by atoms with Crippen LogP contribution in [0.3, 0.4) is 0 Å². The van der Waals surface area contributed by atoms with Crippen molar-refractivity contribution in [2.75, 3.05) is 37.2 Å². The van der Waals surface area contributed by atoms with E-state index in [-0.39, 0.29) is 5.15 Å². The zero-order valence-electron chi connectivity index (χ0n) is 12.7. The molecule has 0 unspecified atom stereocenters. The minimum atomic E-state index is 0.274. The topological polar surface area (TPSA) is 54.2 Å². The molecule has 4 nitrogen and oxygen atoms in total. The largest absolute Gasteiger partial charge is 0.395 e. The number of benzene rings is 1. The molecule has 0 bridgehead atoms. The number of likely N-dealkylation sites (tertiary alicyclic amines) is 1. The highest BCUT2D eigenvalue weighted by Crippen LogP contribution is 2.37. The van der Waals surface area contributed by atoms with Gasteiger partial charge in [-0.25, -0.2) is 4.98 Å². The quantitative estimate of drug-likeness (QED) is 0.764. The Labute approximate surface area is 150 Å². The summed E-state index contributed by atoms with van der Waals surface area (Å²) in [6, 6.07) is 3.49.